The van der Waals surface area contributed by atoms with Crippen molar-refractivity contribution in [1.29, 1.82) is 0 Å². The van der Waals surface area contributed by atoms with Crippen molar-refractivity contribution in [3.63, 3.8) is 0 Å². The van der Waals surface area contributed by atoms with Crippen molar-refractivity contribution in [2.75, 3.05) is 26.7 Å². The molecule has 0 aliphatic carbocycles. The largest absolute Gasteiger partial charge is 0.337 e. The molecule has 2 N–H and O–H groups in total. The quantitative estimate of drug-likeness (QED) is 0.829. The molecule has 2 heterocycles. The van der Waals surface area contributed by atoms with Gasteiger partial charge in [-0.15, -0.1) is 12.4 Å². The molecule has 0 spiro atoms. The molecule has 1 saturated heterocycles. The first-order valence-electron chi connectivity index (χ1n) is 8.43. The Kier molecular flexibility index (Phi) is 7.29. The number of hydrogen-bond acceptors (Lipinski definition) is 3. The zero-order chi connectivity index (χ0) is 16.9. The molecule has 0 saturated carbocycles. The summed E-state index contributed by atoms with van der Waals surface area (Å²) in [5.41, 5.74) is 2.06. The average Bonchev–Trinajstić information content (AvgIpc) is 3.10. The molecule has 0 radical (unpaired) electrons. The molecule has 0 unspecified atom stereocenters. The van der Waals surface area contributed by atoms with Crippen LogP contribution in [0.5, 0.6) is 0 Å². The van der Waals surface area contributed by atoms with E-state index in [0.717, 1.165) is 38.0 Å². The molecule has 0 bridgehead atoms. The lowest BCUT2D eigenvalue weighted by Crippen LogP contribution is -2.39. The third kappa shape index (κ3) is 4.75. The Bertz CT molecular complexity index is 696. The zero-order valence-corrected chi connectivity index (χ0v) is 15.9. The van der Waals surface area contributed by atoms with Crippen LogP contribution in [0.4, 0.5) is 0 Å². The van der Waals surface area contributed by atoms with Crippen LogP contribution in [-0.4, -0.2) is 47.7 Å². The van der Waals surface area contributed by atoms with Gasteiger partial charge in [-0.05, 0) is 50.9 Å². The van der Waals surface area contributed by atoms with Crippen molar-refractivity contribution in [1.82, 2.24) is 20.4 Å². The van der Waals surface area contributed by atoms with E-state index in [1.54, 1.807) is 6.07 Å². The molecule has 7 heteroatoms. The predicted molar refractivity (Wildman–Crippen MR) is 103 cm³/mol. The number of nitrogens with zero attached hydrogens (tertiary/aromatic N) is 2. The molecule has 1 aliphatic heterocycles. The molecule has 1 aliphatic rings. The molecule has 3 rings (SSSR count). The molecule has 5 nitrogen and oxygen atoms in total. The van der Waals surface area contributed by atoms with Crippen LogP contribution in [-0.2, 0) is 0 Å². The Morgan fingerprint density at radius 1 is 1.36 bits per heavy atom. The topological polar surface area (TPSA) is 61.0 Å². The number of benzene rings is 1. The Balaban J connectivity index is 0.00000225. The van der Waals surface area contributed by atoms with Gasteiger partial charge in [0.05, 0.1) is 10.7 Å². The fourth-order valence-electron chi connectivity index (χ4n) is 3.18. The van der Waals surface area contributed by atoms with Gasteiger partial charge in [-0.1, -0.05) is 29.8 Å². The number of H-pyrrole nitrogens is 1. The van der Waals surface area contributed by atoms with Crippen molar-refractivity contribution < 1.29 is 4.79 Å². The third-order valence-electron chi connectivity index (χ3n) is 4.66. The smallest absolute Gasteiger partial charge is 0.271 e. The van der Waals surface area contributed by atoms with Crippen molar-refractivity contribution in [3.05, 3.63) is 41.0 Å². The summed E-state index contributed by atoms with van der Waals surface area (Å²) in [6.45, 7) is 2.67. The highest BCUT2D eigenvalue weighted by Crippen LogP contribution is 2.27. The second kappa shape index (κ2) is 9.22. The van der Waals surface area contributed by atoms with E-state index in [2.05, 4.69) is 15.5 Å². The van der Waals surface area contributed by atoms with Crippen LogP contribution in [0.25, 0.3) is 11.3 Å². The normalized spacial score (nSPS) is 15.0. The number of hydrogen-bond donors (Lipinski definition) is 2. The Morgan fingerprint density at radius 3 is 2.76 bits per heavy atom. The summed E-state index contributed by atoms with van der Waals surface area (Å²) in [6, 6.07) is 9.30. The van der Waals surface area contributed by atoms with Gasteiger partial charge in [0.1, 0.15) is 5.69 Å². The van der Waals surface area contributed by atoms with Gasteiger partial charge >= 0.3 is 0 Å². The van der Waals surface area contributed by atoms with Crippen LogP contribution in [0.2, 0.25) is 5.02 Å². The maximum Gasteiger partial charge on any atom is 0.271 e. The van der Waals surface area contributed by atoms with Gasteiger partial charge in [0, 0.05) is 18.7 Å². The van der Waals surface area contributed by atoms with Crippen molar-refractivity contribution in [2.24, 2.45) is 5.92 Å². The van der Waals surface area contributed by atoms with Gasteiger partial charge in [0.2, 0.25) is 0 Å². The van der Waals surface area contributed by atoms with E-state index in [-0.39, 0.29) is 18.3 Å². The van der Waals surface area contributed by atoms with Gasteiger partial charge < -0.3 is 10.2 Å². The molecule has 25 heavy (non-hydrogen) atoms. The first kappa shape index (κ1) is 19.8. The minimum absolute atomic E-state index is 0. The minimum atomic E-state index is 0. The summed E-state index contributed by atoms with van der Waals surface area (Å²) in [7, 11) is 1.98. The van der Waals surface area contributed by atoms with Crippen molar-refractivity contribution in [3.8, 4) is 11.3 Å². The number of piperidine rings is 1. The number of aromatic amines is 1. The molecule has 1 fully saturated rings. The van der Waals surface area contributed by atoms with Gasteiger partial charge in [0.25, 0.3) is 5.91 Å². The van der Waals surface area contributed by atoms with E-state index in [1.165, 1.54) is 6.42 Å². The van der Waals surface area contributed by atoms with E-state index < -0.39 is 0 Å². The van der Waals surface area contributed by atoms with Crippen molar-refractivity contribution >= 4 is 29.9 Å². The van der Waals surface area contributed by atoms with E-state index in [1.807, 2.05) is 36.2 Å². The van der Waals surface area contributed by atoms with E-state index in [9.17, 15) is 4.79 Å². The van der Waals surface area contributed by atoms with Crippen LogP contribution in [0, 0.1) is 5.92 Å². The summed E-state index contributed by atoms with van der Waals surface area (Å²) in [5.74, 6) is 0.731. The first-order chi connectivity index (χ1) is 11.7. The average molecular weight is 383 g/mol. The fraction of sp³-hybridized carbons (Fsp3) is 0.444. The van der Waals surface area contributed by atoms with Gasteiger partial charge in [-0.2, -0.15) is 5.10 Å². The predicted octanol–water partition coefficient (Wildman–Crippen LogP) is 3.61. The highest BCUT2D eigenvalue weighted by Gasteiger charge is 2.24. The van der Waals surface area contributed by atoms with E-state index in [4.69, 9.17) is 11.6 Å². The Hall–Kier alpha value is -1.56. The lowest BCUT2D eigenvalue weighted by Gasteiger charge is -2.31. The highest BCUT2D eigenvalue weighted by atomic mass is 35.5. The van der Waals surface area contributed by atoms with Crippen LogP contribution in [0.1, 0.15) is 29.8 Å². The maximum atomic E-state index is 12.7. The SMILES string of the molecule is CNCCC1CCN(C(=O)c2cc(-c3ccccc3Cl)n[nH]2)CC1.Cl. The number of halogens is 2. The summed E-state index contributed by atoms with van der Waals surface area (Å²) in [6.07, 6.45) is 3.32. The number of carbonyl (C=O) groups is 1. The number of aromatic nitrogens is 2. The molecular weight excluding hydrogens is 359 g/mol. The fourth-order valence-corrected chi connectivity index (χ4v) is 3.41. The van der Waals surface area contributed by atoms with E-state index in [0.29, 0.717) is 22.3 Å². The Morgan fingerprint density at radius 2 is 2.08 bits per heavy atom. The van der Waals surface area contributed by atoms with Crippen LogP contribution >= 0.6 is 24.0 Å². The highest BCUT2D eigenvalue weighted by molar-refractivity contribution is 6.33. The lowest BCUT2D eigenvalue weighted by molar-refractivity contribution is 0.0681. The summed E-state index contributed by atoms with van der Waals surface area (Å²) in [5, 5.41) is 10.9. The van der Waals surface area contributed by atoms with Crippen LogP contribution in [0.15, 0.2) is 30.3 Å². The summed E-state index contributed by atoms with van der Waals surface area (Å²) in [4.78, 5) is 14.6. The number of rotatable bonds is 5. The minimum Gasteiger partial charge on any atom is -0.337 e. The molecule has 0 atom stereocenters. The monoisotopic (exact) mass is 382 g/mol. The molecule has 136 valence electrons. The standard InChI is InChI=1S/C18H23ClN4O.ClH/c1-20-9-6-13-7-10-23(11-8-13)18(24)17-12-16(21-22-17)14-4-2-3-5-15(14)19;/h2-5,12-13,20H,6-11H2,1H3,(H,21,22);1H. The Labute approximate surface area is 159 Å². The van der Waals surface area contributed by atoms with E-state index >= 15 is 0 Å². The number of carbonyl (C=O) groups excluding carboxylic acids is 1. The summed E-state index contributed by atoms with van der Waals surface area (Å²) < 4.78 is 0. The second-order valence-electron chi connectivity index (χ2n) is 6.27. The van der Waals surface area contributed by atoms with Crippen LogP contribution < -0.4 is 5.32 Å². The van der Waals surface area contributed by atoms with Gasteiger partial charge in [-0.3, -0.25) is 9.89 Å². The van der Waals surface area contributed by atoms with Crippen molar-refractivity contribution in [2.45, 2.75) is 19.3 Å². The summed E-state index contributed by atoms with van der Waals surface area (Å²) >= 11 is 6.20. The first-order valence-corrected chi connectivity index (χ1v) is 8.81. The zero-order valence-electron chi connectivity index (χ0n) is 14.3. The molecule has 1 amide bonds. The van der Waals surface area contributed by atoms with Gasteiger partial charge in [-0.25, -0.2) is 0 Å². The number of nitrogens with one attached hydrogen (secondary N) is 2. The third-order valence-corrected chi connectivity index (χ3v) is 4.99. The molecular formula is C18H24Cl2N4O. The maximum absolute atomic E-state index is 12.7. The molecule has 1 aromatic heterocycles. The number of likely N-dealkylation sites (tertiary alicyclic amines) is 1. The van der Waals surface area contributed by atoms with Gasteiger partial charge in [0.15, 0.2) is 0 Å². The lowest BCUT2D eigenvalue weighted by atomic mass is 9.93. The second-order valence-corrected chi connectivity index (χ2v) is 6.68. The molecule has 1 aromatic carbocycles. The molecule has 2 aromatic rings. The van der Waals surface area contributed by atoms with Crippen LogP contribution in [0.3, 0.4) is 0 Å². The number of amides is 1.